The third-order valence-electron chi connectivity index (χ3n) is 2.89. The SMILES string of the molecule is CCCCNC(=O)CSc1nc(C)cc(OC2CSC2)n1. The number of thioether (sulfide) groups is 2. The molecule has 2 rings (SSSR count). The number of hydrogen-bond acceptors (Lipinski definition) is 6. The number of aromatic nitrogens is 2. The number of nitrogens with zero attached hydrogens (tertiary/aromatic N) is 2. The molecule has 1 amide bonds. The summed E-state index contributed by atoms with van der Waals surface area (Å²) in [6, 6.07) is 1.84. The van der Waals surface area contributed by atoms with Gasteiger partial charge in [0.25, 0.3) is 0 Å². The Balaban J connectivity index is 1.82. The number of hydrogen-bond donors (Lipinski definition) is 1. The van der Waals surface area contributed by atoms with E-state index in [9.17, 15) is 4.79 Å². The summed E-state index contributed by atoms with van der Waals surface area (Å²) in [7, 11) is 0. The van der Waals surface area contributed by atoms with Crippen LogP contribution in [0.5, 0.6) is 5.88 Å². The Bertz CT molecular complexity index is 481. The van der Waals surface area contributed by atoms with E-state index in [0.717, 1.165) is 36.6 Å². The summed E-state index contributed by atoms with van der Waals surface area (Å²) in [6.45, 7) is 4.75. The van der Waals surface area contributed by atoms with Gasteiger partial charge in [0.15, 0.2) is 5.16 Å². The number of carbonyl (C=O) groups is 1. The molecule has 0 spiro atoms. The van der Waals surface area contributed by atoms with Gasteiger partial charge in [-0.05, 0) is 13.3 Å². The van der Waals surface area contributed by atoms with Crippen LogP contribution >= 0.6 is 23.5 Å². The van der Waals surface area contributed by atoms with Crippen LogP contribution in [0.15, 0.2) is 11.2 Å². The Kier molecular flexibility index (Phi) is 6.63. The minimum atomic E-state index is 0.0245. The van der Waals surface area contributed by atoms with E-state index in [1.54, 1.807) is 0 Å². The van der Waals surface area contributed by atoms with Crippen molar-refractivity contribution in [3.05, 3.63) is 11.8 Å². The van der Waals surface area contributed by atoms with E-state index < -0.39 is 0 Å². The van der Waals surface area contributed by atoms with Crippen molar-refractivity contribution in [1.82, 2.24) is 15.3 Å². The van der Waals surface area contributed by atoms with Gasteiger partial charge in [-0.3, -0.25) is 4.79 Å². The van der Waals surface area contributed by atoms with Crippen molar-refractivity contribution in [1.29, 1.82) is 0 Å². The summed E-state index contributed by atoms with van der Waals surface area (Å²) < 4.78 is 5.77. The molecule has 1 aliphatic rings. The van der Waals surface area contributed by atoms with Crippen LogP contribution in [0.25, 0.3) is 0 Å². The van der Waals surface area contributed by atoms with E-state index in [4.69, 9.17) is 4.74 Å². The van der Waals surface area contributed by atoms with Gasteiger partial charge in [0.05, 0.1) is 5.75 Å². The molecule has 0 saturated carbocycles. The summed E-state index contributed by atoms with van der Waals surface area (Å²) in [6.07, 6.45) is 2.35. The molecule has 2 heterocycles. The third-order valence-corrected chi connectivity index (χ3v) is 4.95. The highest BCUT2D eigenvalue weighted by molar-refractivity contribution is 8.00. The number of nitrogens with one attached hydrogen (secondary N) is 1. The van der Waals surface area contributed by atoms with Crippen LogP contribution in [0.1, 0.15) is 25.5 Å². The third kappa shape index (κ3) is 5.74. The molecule has 1 aromatic heterocycles. The van der Waals surface area contributed by atoms with Gasteiger partial charge in [-0.15, -0.1) is 0 Å². The standard InChI is InChI=1S/C14H21N3O2S2/c1-3-4-5-15-12(18)9-21-14-16-10(2)6-13(17-14)19-11-7-20-8-11/h6,11H,3-5,7-9H2,1-2H3,(H,15,18). The van der Waals surface area contributed by atoms with E-state index in [1.807, 2.05) is 24.8 Å². The summed E-state index contributed by atoms with van der Waals surface area (Å²) in [5.74, 6) is 3.01. The lowest BCUT2D eigenvalue weighted by Gasteiger charge is -2.25. The van der Waals surface area contributed by atoms with Crippen LogP contribution < -0.4 is 10.1 Å². The molecule has 7 heteroatoms. The first-order valence-corrected chi connectivity index (χ1v) is 9.31. The number of amides is 1. The number of unbranched alkanes of at least 4 members (excludes halogenated alkanes) is 1. The van der Waals surface area contributed by atoms with Gasteiger partial charge < -0.3 is 10.1 Å². The highest BCUT2D eigenvalue weighted by Gasteiger charge is 2.20. The van der Waals surface area contributed by atoms with Crippen molar-refractivity contribution in [3.63, 3.8) is 0 Å². The first kappa shape index (κ1) is 16.4. The van der Waals surface area contributed by atoms with Crippen molar-refractivity contribution in [3.8, 4) is 5.88 Å². The maximum absolute atomic E-state index is 11.7. The topological polar surface area (TPSA) is 64.1 Å². The van der Waals surface area contributed by atoms with E-state index in [0.29, 0.717) is 16.8 Å². The molecule has 5 nitrogen and oxygen atoms in total. The molecule has 1 fully saturated rings. The van der Waals surface area contributed by atoms with Gasteiger partial charge in [0.2, 0.25) is 11.8 Å². The molecule has 0 atom stereocenters. The molecule has 0 aliphatic carbocycles. The summed E-state index contributed by atoms with van der Waals surface area (Å²) in [4.78, 5) is 20.4. The minimum absolute atomic E-state index is 0.0245. The molecule has 1 aliphatic heterocycles. The van der Waals surface area contributed by atoms with E-state index >= 15 is 0 Å². The number of rotatable bonds is 8. The van der Waals surface area contributed by atoms with Crippen LogP contribution in [0, 0.1) is 6.92 Å². The number of ether oxygens (including phenoxy) is 1. The first-order valence-electron chi connectivity index (χ1n) is 7.17. The predicted octanol–water partition coefficient (Wildman–Crippen LogP) is 2.29. The van der Waals surface area contributed by atoms with Crippen LogP contribution in [0.4, 0.5) is 0 Å². The van der Waals surface area contributed by atoms with E-state index in [2.05, 4.69) is 22.2 Å². The molecule has 1 aromatic rings. The Hall–Kier alpha value is -0.950. The Morgan fingerprint density at radius 2 is 2.33 bits per heavy atom. The lowest BCUT2D eigenvalue weighted by Crippen LogP contribution is -2.31. The number of carbonyl (C=O) groups excluding carboxylic acids is 1. The van der Waals surface area contributed by atoms with Gasteiger partial charge >= 0.3 is 0 Å². The highest BCUT2D eigenvalue weighted by atomic mass is 32.2. The van der Waals surface area contributed by atoms with Gasteiger partial charge in [-0.25, -0.2) is 4.98 Å². The van der Waals surface area contributed by atoms with Crippen molar-refractivity contribution < 1.29 is 9.53 Å². The van der Waals surface area contributed by atoms with E-state index in [1.165, 1.54) is 11.8 Å². The van der Waals surface area contributed by atoms with Crippen LogP contribution in [0.2, 0.25) is 0 Å². The zero-order valence-corrected chi connectivity index (χ0v) is 14.1. The molecule has 21 heavy (non-hydrogen) atoms. The molecule has 116 valence electrons. The van der Waals surface area contributed by atoms with Crippen LogP contribution in [0.3, 0.4) is 0 Å². The average molecular weight is 327 g/mol. The number of aryl methyl sites for hydroxylation is 1. The maximum atomic E-state index is 11.7. The molecule has 0 radical (unpaired) electrons. The van der Waals surface area contributed by atoms with Crippen LogP contribution in [-0.2, 0) is 4.79 Å². The molecule has 1 N–H and O–H groups in total. The minimum Gasteiger partial charge on any atom is -0.472 e. The van der Waals surface area contributed by atoms with Crippen molar-refractivity contribution in [2.24, 2.45) is 0 Å². The molecular formula is C14H21N3O2S2. The second-order valence-corrected chi connectivity index (χ2v) is 6.92. The van der Waals surface area contributed by atoms with Gasteiger partial charge in [-0.1, -0.05) is 25.1 Å². The monoisotopic (exact) mass is 327 g/mol. The normalized spacial score (nSPS) is 14.6. The molecule has 0 unspecified atom stereocenters. The zero-order valence-electron chi connectivity index (χ0n) is 12.4. The Labute approximate surface area is 134 Å². The lowest BCUT2D eigenvalue weighted by atomic mass is 10.3. The largest absolute Gasteiger partial charge is 0.472 e. The Morgan fingerprint density at radius 3 is 3.00 bits per heavy atom. The molecule has 1 saturated heterocycles. The van der Waals surface area contributed by atoms with Gasteiger partial charge in [-0.2, -0.15) is 16.7 Å². The van der Waals surface area contributed by atoms with E-state index in [-0.39, 0.29) is 12.0 Å². The fourth-order valence-electron chi connectivity index (χ4n) is 1.68. The fourth-order valence-corrected chi connectivity index (χ4v) is 2.97. The smallest absolute Gasteiger partial charge is 0.230 e. The summed E-state index contributed by atoms with van der Waals surface area (Å²) in [5, 5.41) is 3.48. The second-order valence-electron chi connectivity index (χ2n) is 4.90. The predicted molar refractivity (Wildman–Crippen MR) is 87.2 cm³/mol. The van der Waals surface area contributed by atoms with Gasteiger partial charge in [0.1, 0.15) is 6.10 Å². The average Bonchev–Trinajstić information content (AvgIpc) is 2.40. The molecule has 0 aromatic carbocycles. The summed E-state index contributed by atoms with van der Waals surface area (Å²) >= 11 is 3.22. The van der Waals surface area contributed by atoms with Crippen molar-refractivity contribution >= 4 is 29.4 Å². The van der Waals surface area contributed by atoms with Gasteiger partial charge in [0, 0.05) is 29.8 Å². The highest BCUT2D eigenvalue weighted by Crippen LogP contribution is 2.24. The zero-order chi connectivity index (χ0) is 15.1. The maximum Gasteiger partial charge on any atom is 0.230 e. The Morgan fingerprint density at radius 1 is 1.52 bits per heavy atom. The molecular weight excluding hydrogens is 306 g/mol. The second kappa shape index (κ2) is 8.48. The molecule has 0 bridgehead atoms. The lowest BCUT2D eigenvalue weighted by molar-refractivity contribution is -0.118. The quantitative estimate of drug-likeness (QED) is 0.449. The first-order chi connectivity index (χ1) is 10.2. The fraction of sp³-hybridized carbons (Fsp3) is 0.643. The van der Waals surface area contributed by atoms with Crippen molar-refractivity contribution in [2.75, 3.05) is 23.8 Å². The van der Waals surface area contributed by atoms with Crippen molar-refractivity contribution in [2.45, 2.75) is 37.9 Å². The van der Waals surface area contributed by atoms with Crippen LogP contribution in [-0.4, -0.2) is 45.8 Å². The summed E-state index contributed by atoms with van der Waals surface area (Å²) in [5.41, 5.74) is 0.862.